The number of amides is 3. The molecule has 0 spiro atoms. The molecule has 1 N–H and O–H groups in total. The second-order valence-corrected chi connectivity index (χ2v) is 8.45. The molecular formula is C19H29N3O2S. The molecule has 2 rings (SSSR count). The van der Waals surface area contributed by atoms with Crippen molar-refractivity contribution >= 4 is 23.7 Å². The molecule has 0 aromatic heterocycles. The van der Waals surface area contributed by atoms with Gasteiger partial charge in [-0.2, -0.15) is 0 Å². The van der Waals surface area contributed by atoms with E-state index < -0.39 is 0 Å². The van der Waals surface area contributed by atoms with Crippen LogP contribution in [-0.4, -0.2) is 54.2 Å². The molecule has 6 heteroatoms. The molecule has 0 aliphatic carbocycles. The van der Waals surface area contributed by atoms with E-state index in [1.165, 1.54) is 5.56 Å². The van der Waals surface area contributed by atoms with Crippen molar-refractivity contribution in [1.29, 1.82) is 0 Å². The highest BCUT2D eigenvalue weighted by atomic mass is 32.2. The largest absolute Gasteiger partial charge is 0.338 e. The maximum atomic E-state index is 12.3. The van der Waals surface area contributed by atoms with E-state index in [4.69, 9.17) is 0 Å². The van der Waals surface area contributed by atoms with Gasteiger partial charge in [-0.3, -0.25) is 4.79 Å². The van der Waals surface area contributed by atoms with Crippen LogP contribution in [0.25, 0.3) is 0 Å². The molecule has 1 atom stereocenters. The number of carbonyl (C=O) groups excluding carboxylic acids is 2. The molecule has 1 aromatic rings. The topological polar surface area (TPSA) is 52.7 Å². The predicted octanol–water partition coefficient (Wildman–Crippen LogP) is 3.22. The summed E-state index contributed by atoms with van der Waals surface area (Å²) in [7, 11) is 1.76. The molecule has 1 heterocycles. The number of urea groups is 1. The third kappa shape index (κ3) is 4.91. The zero-order chi connectivity index (χ0) is 18.6. The summed E-state index contributed by atoms with van der Waals surface area (Å²) in [6.45, 7) is 10.1. The van der Waals surface area contributed by atoms with Gasteiger partial charge in [0.2, 0.25) is 5.91 Å². The number of likely N-dealkylation sites (N-methyl/N-ethyl adjacent to an activating group) is 1. The predicted molar refractivity (Wildman–Crippen MR) is 104 cm³/mol. The Balaban J connectivity index is 2.05. The van der Waals surface area contributed by atoms with E-state index in [0.717, 1.165) is 5.56 Å². The Hall–Kier alpha value is -1.69. The lowest BCUT2D eigenvalue weighted by Gasteiger charge is -2.27. The van der Waals surface area contributed by atoms with Crippen LogP contribution in [-0.2, 0) is 10.2 Å². The molecular weight excluding hydrogens is 334 g/mol. The summed E-state index contributed by atoms with van der Waals surface area (Å²) in [5, 5.41) is 2.81. The number of nitrogens with one attached hydrogen (secondary N) is 1. The van der Waals surface area contributed by atoms with Crippen molar-refractivity contribution in [2.45, 2.75) is 38.5 Å². The summed E-state index contributed by atoms with van der Waals surface area (Å²) in [4.78, 5) is 27.6. The number of nitrogens with zero attached hydrogens (tertiary/aromatic N) is 2. The lowest BCUT2D eigenvalue weighted by atomic mass is 9.87. The zero-order valence-electron chi connectivity index (χ0n) is 15.8. The molecule has 1 saturated heterocycles. The first-order valence-electron chi connectivity index (χ1n) is 8.74. The molecule has 138 valence electrons. The smallest absolute Gasteiger partial charge is 0.317 e. The Labute approximate surface area is 155 Å². The highest BCUT2D eigenvalue weighted by Crippen LogP contribution is 2.39. The lowest BCUT2D eigenvalue weighted by molar-refractivity contribution is -0.128. The van der Waals surface area contributed by atoms with Gasteiger partial charge >= 0.3 is 6.03 Å². The Morgan fingerprint density at radius 1 is 1.32 bits per heavy atom. The van der Waals surface area contributed by atoms with Gasteiger partial charge in [0, 0.05) is 26.7 Å². The second kappa shape index (κ2) is 8.13. The molecule has 1 aliphatic rings. The number of hydrogen-bond donors (Lipinski definition) is 1. The minimum Gasteiger partial charge on any atom is -0.338 e. The zero-order valence-corrected chi connectivity index (χ0v) is 16.7. The molecule has 1 aromatic carbocycles. The summed E-state index contributed by atoms with van der Waals surface area (Å²) < 4.78 is 0. The molecule has 1 fully saturated rings. The number of rotatable bonds is 5. The van der Waals surface area contributed by atoms with Crippen LogP contribution in [0.4, 0.5) is 4.79 Å². The van der Waals surface area contributed by atoms with Crippen LogP contribution < -0.4 is 5.32 Å². The highest BCUT2D eigenvalue weighted by Gasteiger charge is 2.33. The van der Waals surface area contributed by atoms with E-state index >= 15 is 0 Å². The summed E-state index contributed by atoms with van der Waals surface area (Å²) in [5.74, 6) is 0.635. The van der Waals surface area contributed by atoms with Crippen molar-refractivity contribution < 1.29 is 9.59 Å². The third-order valence-corrected chi connectivity index (χ3v) is 5.64. The van der Waals surface area contributed by atoms with E-state index in [-0.39, 0.29) is 22.7 Å². The number of hydrogen-bond acceptors (Lipinski definition) is 3. The first-order chi connectivity index (χ1) is 11.7. The third-order valence-electron chi connectivity index (χ3n) is 4.38. The molecule has 5 nitrogen and oxygen atoms in total. The maximum absolute atomic E-state index is 12.3. The van der Waals surface area contributed by atoms with Crippen molar-refractivity contribution in [3.63, 3.8) is 0 Å². The molecule has 0 saturated carbocycles. The van der Waals surface area contributed by atoms with Crippen LogP contribution in [0.15, 0.2) is 24.3 Å². The first kappa shape index (κ1) is 19.6. The minimum atomic E-state index is -0.104. The Morgan fingerprint density at radius 2 is 1.96 bits per heavy atom. The van der Waals surface area contributed by atoms with E-state index in [1.54, 1.807) is 23.7 Å². The number of carbonyl (C=O) groups is 2. The fraction of sp³-hybridized carbons (Fsp3) is 0.579. The summed E-state index contributed by atoms with van der Waals surface area (Å²) in [5.41, 5.74) is 2.55. The molecule has 0 bridgehead atoms. The van der Waals surface area contributed by atoms with Crippen LogP contribution in [0.3, 0.4) is 0 Å². The Bertz CT molecular complexity index is 610. The molecule has 0 radical (unpaired) electrons. The monoisotopic (exact) mass is 363 g/mol. The second-order valence-electron chi connectivity index (χ2n) is 7.38. The minimum absolute atomic E-state index is 0.0316. The van der Waals surface area contributed by atoms with Gasteiger partial charge in [0.05, 0.1) is 5.75 Å². The molecule has 25 heavy (non-hydrogen) atoms. The van der Waals surface area contributed by atoms with Crippen LogP contribution in [0.1, 0.15) is 44.2 Å². The molecule has 3 amide bonds. The summed E-state index contributed by atoms with van der Waals surface area (Å²) in [6.07, 6.45) is 0. The summed E-state index contributed by atoms with van der Waals surface area (Å²) in [6, 6.07) is 8.44. The van der Waals surface area contributed by atoms with Crippen LogP contribution in [0, 0.1) is 0 Å². The fourth-order valence-electron chi connectivity index (χ4n) is 2.77. The quantitative estimate of drug-likeness (QED) is 0.874. The van der Waals surface area contributed by atoms with E-state index in [1.807, 2.05) is 11.8 Å². The van der Waals surface area contributed by atoms with Gasteiger partial charge in [0.1, 0.15) is 5.37 Å². The van der Waals surface area contributed by atoms with Gasteiger partial charge in [0.15, 0.2) is 0 Å². The van der Waals surface area contributed by atoms with Crippen molar-refractivity contribution in [3.05, 3.63) is 35.4 Å². The fourth-order valence-corrected chi connectivity index (χ4v) is 3.98. The normalized spacial score (nSPS) is 17.7. The van der Waals surface area contributed by atoms with Crippen LogP contribution in [0.5, 0.6) is 0 Å². The van der Waals surface area contributed by atoms with Crippen molar-refractivity contribution in [2.75, 3.05) is 32.4 Å². The van der Waals surface area contributed by atoms with Gasteiger partial charge in [0.25, 0.3) is 0 Å². The van der Waals surface area contributed by atoms with E-state index in [2.05, 4.69) is 50.4 Å². The number of benzene rings is 1. The Morgan fingerprint density at radius 3 is 2.52 bits per heavy atom. The maximum Gasteiger partial charge on any atom is 0.317 e. The molecule has 1 unspecified atom stereocenters. The van der Waals surface area contributed by atoms with E-state index in [0.29, 0.717) is 25.4 Å². The highest BCUT2D eigenvalue weighted by molar-refractivity contribution is 8.00. The number of thioether (sulfide) groups is 1. The van der Waals surface area contributed by atoms with Crippen molar-refractivity contribution in [2.24, 2.45) is 0 Å². The van der Waals surface area contributed by atoms with Gasteiger partial charge < -0.3 is 15.1 Å². The van der Waals surface area contributed by atoms with Crippen molar-refractivity contribution in [3.8, 4) is 0 Å². The van der Waals surface area contributed by atoms with Gasteiger partial charge in [-0.25, -0.2) is 4.79 Å². The first-order valence-corrected chi connectivity index (χ1v) is 9.79. The average molecular weight is 364 g/mol. The van der Waals surface area contributed by atoms with Gasteiger partial charge in [-0.1, -0.05) is 45.0 Å². The van der Waals surface area contributed by atoms with Gasteiger partial charge in [-0.05, 0) is 23.5 Å². The Kier molecular flexibility index (Phi) is 6.38. The van der Waals surface area contributed by atoms with Crippen molar-refractivity contribution in [1.82, 2.24) is 15.1 Å². The van der Waals surface area contributed by atoms with Gasteiger partial charge in [-0.15, -0.1) is 11.8 Å². The standard InChI is InChI=1S/C19H29N3O2S/c1-6-20-18(24)21(5)11-12-22-16(23)13-25-17(22)14-7-9-15(10-8-14)19(2,3)4/h7-10,17H,6,11-13H2,1-5H3,(H,20,24). The van der Waals surface area contributed by atoms with E-state index in [9.17, 15) is 9.59 Å². The summed E-state index contributed by atoms with van der Waals surface area (Å²) >= 11 is 1.65. The SMILES string of the molecule is CCNC(=O)N(C)CCN1C(=O)CSC1c1ccc(C(C)(C)C)cc1. The average Bonchev–Trinajstić information content (AvgIpc) is 2.93. The molecule has 1 aliphatic heterocycles. The lowest BCUT2D eigenvalue weighted by Crippen LogP contribution is -2.42. The van der Waals surface area contributed by atoms with Crippen LogP contribution in [0.2, 0.25) is 0 Å². The van der Waals surface area contributed by atoms with Crippen LogP contribution >= 0.6 is 11.8 Å².